The van der Waals surface area contributed by atoms with Crippen molar-refractivity contribution in [3.63, 3.8) is 0 Å². The molecule has 0 saturated heterocycles. The van der Waals surface area contributed by atoms with Crippen LogP contribution in [0.5, 0.6) is 0 Å². The number of carbonyl (C=O) groups excluding carboxylic acids is 2. The summed E-state index contributed by atoms with van der Waals surface area (Å²) < 4.78 is 6.46. The molecule has 8 nitrogen and oxygen atoms in total. The second-order valence-electron chi connectivity index (χ2n) is 5.02. The van der Waals surface area contributed by atoms with Crippen LogP contribution in [0.3, 0.4) is 0 Å². The Morgan fingerprint density at radius 1 is 1.38 bits per heavy atom. The smallest absolute Gasteiger partial charge is 0.293 e. The lowest BCUT2D eigenvalue weighted by Gasteiger charge is -2.00. The number of anilines is 1. The Labute approximate surface area is 137 Å². The molecule has 24 heavy (non-hydrogen) atoms. The Hall–Kier alpha value is -3.42. The molecule has 8 heteroatoms. The maximum Gasteiger partial charge on any atom is 0.293 e. The lowest BCUT2D eigenvalue weighted by molar-refractivity contribution is 0.0955. The van der Waals surface area contributed by atoms with E-state index in [1.807, 2.05) is 0 Å². The van der Waals surface area contributed by atoms with Gasteiger partial charge in [-0.2, -0.15) is 0 Å². The number of carbonyl (C=O) groups is 2. The highest BCUT2D eigenvalue weighted by Crippen LogP contribution is 2.15. The van der Waals surface area contributed by atoms with Gasteiger partial charge in [0.2, 0.25) is 5.82 Å². The van der Waals surface area contributed by atoms with Gasteiger partial charge >= 0.3 is 0 Å². The Kier molecular flexibility index (Phi) is 4.11. The fourth-order valence-electron chi connectivity index (χ4n) is 2.21. The minimum absolute atomic E-state index is 0.0787. The highest BCUT2D eigenvalue weighted by molar-refractivity contribution is 6.05. The summed E-state index contributed by atoms with van der Waals surface area (Å²) in [5, 5.41) is 8.96. The van der Waals surface area contributed by atoms with Gasteiger partial charge in [-0.1, -0.05) is 17.3 Å². The molecule has 0 saturated carbocycles. The quantitative estimate of drug-likeness (QED) is 0.697. The third-order valence-electron chi connectivity index (χ3n) is 3.24. The molecule has 0 aliphatic carbocycles. The van der Waals surface area contributed by atoms with E-state index in [0.29, 0.717) is 17.8 Å². The molecular weight excluding hydrogens is 310 g/mol. The van der Waals surface area contributed by atoms with E-state index in [0.717, 1.165) is 0 Å². The predicted octanol–water partition coefficient (Wildman–Crippen LogP) is 1.80. The molecule has 2 amide bonds. The number of hydrogen-bond acceptors (Lipinski definition) is 5. The van der Waals surface area contributed by atoms with Gasteiger partial charge in [-0.3, -0.25) is 14.0 Å². The molecular formula is C16H15N5O3. The van der Waals surface area contributed by atoms with Gasteiger partial charge in [0.15, 0.2) is 11.5 Å². The van der Waals surface area contributed by atoms with Crippen LogP contribution >= 0.6 is 0 Å². The molecule has 0 aliphatic rings. The number of rotatable bonds is 5. The standard InChI is InChI=1S/C16H15N5O3/c1-3-7-17-15(22)13-11-6-4-5-8-21(11)14(19-13)16(23)18-12-9-10(2)24-20-12/h3-6,8-9H,1,7H2,2H3,(H,17,22)(H,18,20,23). The lowest BCUT2D eigenvalue weighted by Crippen LogP contribution is -2.24. The fourth-order valence-corrected chi connectivity index (χ4v) is 2.21. The SMILES string of the molecule is C=CCNC(=O)c1nc(C(=O)Nc2cc(C)on2)n2ccccc12. The molecule has 0 atom stereocenters. The molecule has 0 fully saturated rings. The highest BCUT2D eigenvalue weighted by atomic mass is 16.5. The topological polar surface area (TPSA) is 102 Å². The molecule has 0 unspecified atom stereocenters. The van der Waals surface area contributed by atoms with E-state index in [1.165, 1.54) is 0 Å². The van der Waals surface area contributed by atoms with E-state index in [1.54, 1.807) is 47.9 Å². The van der Waals surface area contributed by atoms with Crippen molar-refractivity contribution in [1.82, 2.24) is 19.9 Å². The first-order valence-corrected chi connectivity index (χ1v) is 7.21. The van der Waals surface area contributed by atoms with Crippen LogP contribution in [0.25, 0.3) is 5.52 Å². The minimum atomic E-state index is -0.493. The number of fused-ring (bicyclic) bond motifs is 1. The molecule has 0 aliphatic heterocycles. The normalized spacial score (nSPS) is 10.5. The molecule has 0 spiro atoms. The van der Waals surface area contributed by atoms with Crippen molar-refractivity contribution in [2.45, 2.75) is 6.92 Å². The van der Waals surface area contributed by atoms with Gasteiger partial charge in [0.1, 0.15) is 5.76 Å². The second-order valence-corrected chi connectivity index (χ2v) is 5.02. The van der Waals surface area contributed by atoms with Gasteiger partial charge in [-0.05, 0) is 19.1 Å². The van der Waals surface area contributed by atoms with Gasteiger partial charge < -0.3 is 15.2 Å². The van der Waals surface area contributed by atoms with Gasteiger partial charge in [0.05, 0.1) is 5.52 Å². The first kappa shape index (κ1) is 15.5. The number of nitrogens with one attached hydrogen (secondary N) is 2. The second kappa shape index (κ2) is 6.37. The van der Waals surface area contributed by atoms with E-state index in [2.05, 4.69) is 27.4 Å². The van der Waals surface area contributed by atoms with Crippen LogP contribution in [-0.2, 0) is 0 Å². The first-order chi connectivity index (χ1) is 11.6. The number of amides is 2. The van der Waals surface area contributed by atoms with Crippen LogP contribution in [0.15, 0.2) is 47.6 Å². The molecule has 0 aromatic carbocycles. The molecule has 0 radical (unpaired) electrons. The molecule has 3 aromatic heterocycles. The van der Waals surface area contributed by atoms with Gasteiger partial charge in [-0.15, -0.1) is 6.58 Å². The summed E-state index contributed by atoms with van der Waals surface area (Å²) >= 11 is 0. The van der Waals surface area contributed by atoms with Crippen molar-refractivity contribution in [3.05, 3.63) is 60.4 Å². The zero-order valence-electron chi connectivity index (χ0n) is 12.9. The van der Waals surface area contributed by atoms with Gasteiger partial charge in [0, 0.05) is 18.8 Å². The molecule has 3 heterocycles. The molecule has 0 bridgehead atoms. The van der Waals surface area contributed by atoms with E-state index >= 15 is 0 Å². The van der Waals surface area contributed by atoms with E-state index in [-0.39, 0.29) is 23.2 Å². The Bertz CT molecular complexity index is 925. The summed E-state index contributed by atoms with van der Waals surface area (Å²) in [4.78, 5) is 28.9. The summed E-state index contributed by atoms with van der Waals surface area (Å²) in [5.41, 5.74) is 0.694. The maximum absolute atomic E-state index is 12.5. The average molecular weight is 325 g/mol. The minimum Gasteiger partial charge on any atom is -0.360 e. The van der Waals surface area contributed by atoms with Crippen molar-refractivity contribution >= 4 is 23.1 Å². The maximum atomic E-state index is 12.5. The number of pyridine rings is 1. The summed E-state index contributed by atoms with van der Waals surface area (Å²) in [6.07, 6.45) is 3.23. The average Bonchev–Trinajstić information content (AvgIpc) is 3.16. The van der Waals surface area contributed by atoms with E-state index in [4.69, 9.17) is 4.52 Å². The number of nitrogens with zero attached hydrogens (tertiary/aromatic N) is 3. The largest absolute Gasteiger partial charge is 0.360 e. The van der Waals surface area contributed by atoms with Gasteiger partial charge in [0.25, 0.3) is 11.8 Å². The highest BCUT2D eigenvalue weighted by Gasteiger charge is 2.21. The predicted molar refractivity (Wildman–Crippen MR) is 86.9 cm³/mol. The Balaban J connectivity index is 1.97. The van der Waals surface area contributed by atoms with Crippen LogP contribution in [0.1, 0.15) is 26.9 Å². The summed E-state index contributed by atoms with van der Waals surface area (Å²) in [5.74, 6) is 0.0582. The summed E-state index contributed by atoms with van der Waals surface area (Å²) in [7, 11) is 0. The van der Waals surface area contributed by atoms with Crippen LogP contribution in [-0.4, -0.2) is 32.9 Å². The van der Waals surface area contributed by atoms with E-state index < -0.39 is 5.91 Å². The molecule has 3 aromatic rings. The lowest BCUT2D eigenvalue weighted by atomic mass is 10.3. The summed E-state index contributed by atoms with van der Waals surface area (Å²) in [6.45, 7) is 5.58. The first-order valence-electron chi connectivity index (χ1n) is 7.21. The van der Waals surface area contributed by atoms with Gasteiger partial charge in [-0.25, -0.2) is 4.98 Å². The third kappa shape index (κ3) is 2.89. The number of aryl methyl sites for hydroxylation is 1. The van der Waals surface area contributed by atoms with Crippen molar-refractivity contribution in [1.29, 1.82) is 0 Å². The van der Waals surface area contributed by atoms with Crippen molar-refractivity contribution in [3.8, 4) is 0 Å². The monoisotopic (exact) mass is 325 g/mol. The van der Waals surface area contributed by atoms with Crippen molar-refractivity contribution in [2.75, 3.05) is 11.9 Å². The zero-order chi connectivity index (χ0) is 17.1. The molecule has 3 rings (SSSR count). The molecule has 122 valence electrons. The Morgan fingerprint density at radius 3 is 2.92 bits per heavy atom. The third-order valence-corrected chi connectivity index (χ3v) is 3.24. The molecule has 2 N–H and O–H groups in total. The zero-order valence-corrected chi connectivity index (χ0v) is 12.9. The number of aromatic nitrogens is 3. The van der Waals surface area contributed by atoms with Crippen LogP contribution in [0.2, 0.25) is 0 Å². The Morgan fingerprint density at radius 2 is 2.21 bits per heavy atom. The van der Waals surface area contributed by atoms with Crippen LogP contribution < -0.4 is 10.6 Å². The fraction of sp³-hybridized carbons (Fsp3) is 0.125. The van der Waals surface area contributed by atoms with Crippen molar-refractivity contribution in [2.24, 2.45) is 0 Å². The van der Waals surface area contributed by atoms with Crippen molar-refractivity contribution < 1.29 is 14.1 Å². The van der Waals surface area contributed by atoms with Crippen LogP contribution in [0, 0.1) is 6.92 Å². The van der Waals surface area contributed by atoms with Crippen LogP contribution in [0.4, 0.5) is 5.82 Å². The van der Waals surface area contributed by atoms with E-state index in [9.17, 15) is 9.59 Å². The number of imidazole rings is 1. The number of hydrogen-bond donors (Lipinski definition) is 2. The summed E-state index contributed by atoms with van der Waals surface area (Å²) in [6, 6.07) is 6.82.